The summed E-state index contributed by atoms with van der Waals surface area (Å²) < 4.78 is 0. The molecule has 0 radical (unpaired) electrons. The number of carboxylic acid groups (broad SMARTS) is 1. The lowest BCUT2D eigenvalue weighted by Crippen LogP contribution is -2.54. The van der Waals surface area contributed by atoms with Gasteiger partial charge < -0.3 is 15.9 Å². The van der Waals surface area contributed by atoms with Crippen LogP contribution in [-0.2, 0) is 10.2 Å². The third-order valence-corrected chi connectivity index (χ3v) is 3.30. The van der Waals surface area contributed by atoms with Crippen LogP contribution in [-0.4, -0.2) is 22.2 Å². The molecule has 0 unspecified atom stereocenters. The summed E-state index contributed by atoms with van der Waals surface area (Å²) in [7, 11) is 0. The van der Waals surface area contributed by atoms with Crippen LogP contribution < -0.4 is 5.73 Å². The minimum atomic E-state index is -0.989. The van der Waals surface area contributed by atoms with Crippen molar-refractivity contribution in [1.29, 1.82) is 0 Å². The highest BCUT2D eigenvalue weighted by Crippen LogP contribution is 2.46. The van der Waals surface area contributed by atoms with Crippen LogP contribution in [0.15, 0.2) is 18.2 Å². The van der Waals surface area contributed by atoms with E-state index in [1.807, 2.05) is 13.0 Å². The van der Waals surface area contributed by atoms with E-state index in [1.165, 1.54) is 0 Å². The summed E-state index contributed by atoms with van der Waals surface area (Å²) >= 11 is 0. The minimum absolute atomic E-state index is 0.0503. The highest BCUT2D eigenvalue weighted by atomic mass is 16.4. The Balaban J connectivity index is 2.45. The number of aromatic hydroxyl groups is 1. The van der Waals surface area contributed by atoms with Crippen molar-refractivity contribution in [3.05, 3.63) is 29.3 Å². The lowest BCUT2D eigenvalue weighted by atomic mass is 9.61. The molecule has 2 rings (SSSR count). The Bertz CT molecular complexity index is 436. The van der Waals surface area contributed by atoms with Crippen LogP contribution in [0.5, 0.6) is 5.75 Å². The van der Waals surface area contributed by atoms with Crippen molar-refractivity contribution in [2.45, 2.75) is 31.2 Å². The van der Waals surface area contributed by atoms with E-state index in [0.29, 0.717) is 18.4 Å². The van der Waals surface area contributed by atoms with Crippen molar-refractivity contribution >= 4 is 5.97 Å². The zero-order valence-corrected chi connectivity index (χ0v) is 9.10. The molecule has 0 saturated heterocycles. The molecule has 4 nitrogen and oxygen atoms in total. The van der Waals surface area contributed by atoms with Crippen molar-refractivity contribution in [2.24, 2.45) is 5.73 Å². The molecule has 4 heteroatoms. The van der Waals surface area contributed by atoms with Gasteiger partial charge in [-0.25, -0.2) is 0 Å². The smallest absolute Gasteiger partial charge is 0.314 e. The van der Waals surface area contributed by atoms with Gasteiger partial charge in [-0.1, -0.05) is 12.1 Å². The van der Waals surface area contributed by atoms with Gasteiger partial charge in [0.2, 0.25) is 0 Å². The predicted molar refractivity (Wildman–Crippen MR) is 59.4 cm³/mol. The van der Waals surface area contributed by atoms with Crippen LogP contribution in [0, 0.1) is 6.92 Å². The largest absolute Gasteiger partial charge is 0.508 e. The highest BCUT2D eigenvalue weighted by Gasteiger charge is 2.51. The molecule has 0 aliphatic heterocycles. The van der Waals surface area contributed by atoms with Gasteiger partial charge >= 0.3 is 5.97 Å². The fourth-order valence-electron chi connectivity index (χ4n) is 2.39. The Morgan fingerprint density at radius 2 is 2.12 bits per heavy atom. The van der Waals surface area contributed by atoms with Crippen LogP contribution >= 0.6 is 0 Å². The SMILES string of the molecule is Cc1ccc(C2(C(=O)O)CC(N)C2)c(O)c1. The van der Waals surface area contributed by atoms with E-state index in [9.17, 15) is 15.0 Å². The maximum absolute atomic E-state index is 11.3. The fraction of sp³-hybridized carbons (Fsp3) is 0.417. The van der Waals surface area contributed by atoms with Crippen molar-refractivity contribution in [3.63, 3.8) is 0 Å². The zero-order chi connectivity index (χ0) is 11.9. The molecule has 0 heterocycles. The second-order valence-corrected chi connectivity index (χ2v) is 4.58. The van der Waals surface area contributed by atoms with Gasteiger partial charge in [-0.3, -0.25) is 4.79 Å². The second-order valence-electron chi connectivity index (χ2n) is 4.58. The Morgan fingerprint density at radius 1 is 1.50 bits per heavy atom. The molecule has 1 aromatic rings. The van der Waals surface area contributed by atoms with Crippen LogP contribution in [0.4, 0.5) is 0 Å². The predicted octanol–water partition coefficient (Wildman–Crippen LogP) is 1.14. The summed E-state index contributed by atoms with van der Waals surface area (Å²) in [6, 6.07) is 5.00. The molecule has 0 amide bonds. The maximum Gasteiger partial charge on any atom is 0.314 e. The van der Waals surface area contributed by atoms with Gasteiger partial charge in [-0.15, -0.1) is 0 Å². The monoisotopic (exact) mass is 221 g/mol. The molecule has 0 aromatic heterocycles. The van der Waals surface area contributed by atoms with Gasteiger partial charge in [-0.2, -0.15) is 0 Å². The maximum atomic E-state index is 11.3. The van der Waals surface area contributed by atoms with Crippen molar-refractivity contribution < 1.29 is 15.0 Å². The normalized spacial score (nSPS) is 28.5. The Kier molecular flexibility index (Phi) is 2.39. The molecule has 1 saturated carbocycles. The van der Waals surface area contributed by atoms with Crippen LogP contribution in [0.2, 0.25) is 0 Å². The summed E-state index contributed by atoms with van der Waals surface area (Å²) in [6.45, 7) is 1.85. The van der Waals surface area contributed by atoms with E-state index in [1.54, 1.807) is 12.1 Å². The Labute approximate surface area is 93.7 Å². The summed E-state index contributed by atoms with van der Waals surface area (Å²) in [4.78, 5) is 11.3. The molecule has 16 heavy (non-hydrogen) atoms. The lowest BCUT2D eigenvalue weighted by Gasteiger charge is -2.43. The summed E-state index contributed by atoms with van der Waals surface area (Å²) in [6.07, 6.45) is 0.776. The van der Waals surface area contributed by atoms with Gasteiger partial charge in [0, 0.05) is 11.6 Å². The third-order valence-electron chi connectivity index (χ3n) is 3.30. The van der Waals surface area contributed by atoms with Gasteiger partial charge in [0.25, 0.3) is 0 Å². The average molecular weight is 221 g/mol. The minimum Gasteiger partial charge on any atom is -0.508 e. The standard InChI is InChI=1S/C12H15NO3/c1-7-2-3-9(10(14)4-7)12(11(15)16)5-8(13)6-12/h2-4,8,14H,5-6,13H2,1H3,(H,15,16). The molecular weight excluding hydrogens is 206 g/mol. The quantitative estimate of drug-likeness (QED) is 0.699. The van der Waals surface area contributed by atoms with Crippen LogP contribution in [0.25, 0.3) is 0 Å². The van der Waals surface area contributed by atoms with Crippen LogP contribution in [0.1, 0.15) is 24.0 Å². The van der Waals surface area contributed by atoms with E-state index in [4.69, 9.17) is 5.73 Å². The molecule has 1 aliphatic carbocycles. The molecule has 1 fully saturated rings. The molecular formula is C12H15NO3. The first-order chi connectivity index (χ1) is 7.45. The average Bonchev–Trinajstić information content (AvgIpc) is 2.12. The number of phenolic OH excluding ortho intramolecular Hbond substituents is 1. The number of phenols is 1. The highest BCUT2D eigenvalue weighted by molar-refractivity contribution is 5.84. The molecule has 4 N–H and O–H groups in total. The zero-order valence-electron chi connectivity index (χ0n) is 9.10. The van der Waals surface area contributed by atoms with Crippen molar-refractivity contribution in [2.75, 3.05) is 0 Å². The number of carboxylic acids is 1. The van der Waals surface area contributed by atoms with Gasteiger partial charge in [0.15, 0.2) is 0 Å². The molecule has 1 aliphatic rings. The van der Waals surface area contributed by atoms with Gasteiger partial charge in [0.1, 0.15) is 5.75 Å². The first-order valence-corrected chi connectivity index (χ1v) is 5.25. The lowest BCUT2D eigenvalue weighted by molar-refractivity contribution is -0.148. The molecule has 86 valence electrons. The topological polar surface area (TPSA) is 83.5 Å². The molecule has 0 bridgehead atoms. The number of rotatable bonds is 2. The number of aliphatic carboxylic acids is 1. The number of carbonyl (C=O) groups is 1. The fourth-order valence-corrected chi connectivity index (χ4v) is 2.39. The summed E-state index contributed by atoms with van der Waals surface area (Å²) in [5, 5.41) is 19.1. The third kappa shape index (κ3) is 1.46. The second kappa shape index (κ2) is 3.49. The molecule has 0 spiro atoms. The van der Waals surface area contributed by atoms with E-state index in [2.05, 4.69) is 0 Å². The van der Waals surface area contributed by atoms with E-state index in [0.717, 1.165) is 5.56 Å². The Hall–Kier alpha value is -1.55. The number of nitrogens with two attached hydrogens (primary N) is 1. The van der Waals surface area contributed by atoms with Gasteiger partial charge in [0.05, 0.1) is 5.41 Å². The van der Waals surface area contributed by atoms with E-state index >= 15 is 0 Å². The molecule has 0 atom stereocenters. The van der Waals surface area contributed by atoms with E-state index < -0.39 is 11.4 Å². The number of hydrogen-bond donors (Lipinski definition) is 3. The van der Waals surface area contributed by atoms with Crippen molar-refractivity contribution in [1.82, 2.24) is 0 Å². The first kappa shape index (κ1) is 11.0. The molecule has 1 aromatic carbocycles. The summed E-state index contributed by atoms with van der Waals surface area (Å²) in [5.74, 6) is -0.859. The number of hydrogen-bond acceptors (Lipinski definition) is 3. The van der Waals surface area contributed by atoms with Gasteiger partial charge in [-0.05, 0) is 31.4 Å². The number of benzene rings is 1. The van der Waals surface area contributed by atoms with Crippen molar-refractivity contribution in [3.8, 4) is 5.75 Å². The van der Waals surface area contributed by atoms with E-state index in [-0.39, 0.29) is 11.8 Å². The number of aryl methyl sites for hydroxylation is 1. The van der Waals surface area contributed by atoms with Crippen LogP contribution in [0.3, 0.4) is 0 Å². The summed E-state index contributed by atoms with van der Waals surface area (Å²) in [5.41, 5.74) is 6.06. The first-order valence-electron chi connectivity index (χ1n) is 5.25. The Morgan fingerprint density at radius 3 is 2.56 bits per heavy atom.